The molecule has 0 aromatic heterocycles. The van der Waals surface area contributed by atoms with E-state index in [1.165, 1.54) is 11.1 Å². The van der Waals surface area contributed by atoms with E-state index in [1.807, 2.05) is 12.1 Å². The van der Waals surface area contributed by atoms with Crippen molar-refractivity contribution < 1.29 is 4.74 Å². The monoisotopic (exact) mass is 193 g/mol. The minimum Gasteiger partial charge on any atom is -0.496 e. The number of hydrogen-bond acceptors (Lipinski definition) is 2. The number of nitrogens with two attached hydrogens (primary N) is 1. The first-order valence-corrected chi connectivity index (χ1v) is 5.18. The summed E-state index contributed by atoms with van der Waals surface area (Å²) in [5, 5.41) is 0. The summed E-state index contributed by atoms with van der Waals surface area (Å²) in [7, 11) is 1.72. The first-order chi connectivity index (χ1) is 6.83. The maximum atomic E-state index is 5.51. The van der Waals surface area contributed by atoms with Gasteiger partial charge in [-0.3, -0.25) is 0 Å². The van der Waals surface area contributed by atoms with Crippen LogP contribution >= 0.6 is 0 Å². The van der Waals surface area contributed by atoms with Gasteiger partial charge in [-0.25, -0.2) is 0 Å². The Morgan fingerprint density at radius 2 is 2.14 bits per heavy atom. The van der Waals surface area contributed by atoms with Crippen molar-refractivity contribution in [2.45, 2.75) is 26.2 Å². The summed E-state index contributed by atoms with van der Waals surface area (Å²) < 4.78 is 5.33. The third-order valence-electron chi connectivity index (χ3n) is 2.45. The predicted octanol–water partition coefficient (Wildman–Crippen LogP) is 2.15. The fourth-order valence-electron chi connectivity index (χ4n) is 1.73. The molecule has 0 unspecified atom stereocenters. The van der Waals surface area contributed by atoms with Crippen LogP contribution in [0.1, 0.15) is 24.5 Å². The van der Waals surface area contributed by atoms with Crippen molar-refractivity contribution in [3.05, 3.63) is 29.3 Å². The Morgan fingerprint density at radius 3 is 2.71 bits per heavy atom. The summed E-state index contributed by atoms with van der Waals surface area (Å²) >= 11 is 0. The van der Waals surface area contributed by atoms with E-state index >= 15 is 0 Å². The summed E-state index contributed by atoms with van der Waals surface area (Å²) in [6.45, 7) is 2.91. The molecule has 14 heavy (non-hydrogen) atoms. The van der Waals surface area contributed by atoms with Crippen molar-refractivity contribution in [2.75, 3.05) is 13.7 Å². The summed E-state index contributed by atoms with van der Waals surface area (Å²) in [6, 6.07) is 6.23. The number of benzene rings is 1. The molecule has 0 amide bonds. The van der Waals surface area contributed by atoms with E-state index in [0.29, 0.717) is 0 Å². The molecule has 0 aliphatic heterocycles. The van der Waals surface area contributed by atoms with Crippen molar-refractivity contribution in [2.24, 2.45) is 5.73 Å². The van der Waals surface area contributed by atoms with Crippen molar-refractivity contribution in [3.8, 4) is 5.75 Å². The molecule has 1 rings (SSSR count). The highest BCUT2D eigenvalue weighted by Gasteiger charge is 2.05. The van der Waals surface area contributed by atoms with E-state index in [2.05, 4.69) is 13.0 Å². The average Bonchev–Trinajstić information content (AvgIpc) is 2.25. The van der Waals surface area contributed by atoms with Crippen molar-refractivity contribution in [1.82, 2.24) is 0 Å². The van der Waals surface area contributed by atoms with Gasteiger partial charge in [-0.1, -0.05) is 19.1 Å². The largest absolute Gasteiger partial charge is 0.496 e. The third kappa shape index (κ3) is 2.48. The van der Waals surface area contributed by atoms with E-state index in [4.69, 9.17) is 10.5 Å². The van der Waals surface area contributed by atoms with E-state index in [1.54, 1.807) is 7.11 Å². The minimum absolute atomic E-state index is 0.750. The molecule has 0 saturated carbocycles. The van der Waals surface area contributed by atoms with Gasteiger partial charge in [-0.15, -0.1) is 0 Å². The zero-order chi connectivity index (χ0) is 10.4. The van der Waals surface area contributed by atoms with Gasteiger partial charge in [-0.05, 0) is 43.0 Å². The van der Waals surface area contributed by atoms with Gasteiger partial charge in [0.2, 0.25) is 0 Å². The lowest BCUT2D eigenvalue weighted by atomic mass is 10.00. The molecule has 0 saturated heterocycles. The molecule has 2 N–H and O–H groups in total. The average molecular weight is 193 g/mol. The zero-order valence-electron chi connectivity index (χ0n) is 9.05. The quantitative estimate of drug-likeness (QED) is 0.777. The smallest absolute Gasteiger partial charge is 0.122 e. The molecule has 0 aliphatic carbocycles. The second-order valence-electron chi connectivity index (χ2n) is 3.34. The minimum atomic E-state index is 0.750. The second kappa shape index (κ2) is 5.66. The summed E-state index contributed by atoms with van der Waals surface area (Å²) in [6.07, 6.45) is 3.11. The molecule has 78 valence electrons. The molecule has 0 fully saturated rings. The van der Waals surface area contributed by atoms with Gasteiger partial charge in [-0.2, -0.15) is 0 Å². The Labute approximate surface area is 86.1 Å². The molecule has 0 atom stereocenters. The first-order valence-electron chi connectivity index (χ1n) is 5.18. The highest BCUT2D eigenvalue weighted by Crippen LogP contribution is 2.23. The molecule has 0 spiro atoms. The summed E-state index contributed by atoms with van der Waals surface area (Å²) in [5.41, 5.74) is 8.20. The Morgan fingerprint density at radius 1 is 1.36 bits per heavy atom. The van der Waals surface area contributed by atoms with E-state index in [-0.39, 0.29) is 0 Å². The molecule has 2 nitrogen and oxygen atoms in total. The van der Waals surface area contributed by atoms with E-state index in [9.17, 15) is 0 Å². The van der Waals surface area contributed by atoms with Crippen LogP contribution in [-0.4, -0.2) is 13.7 Å². The molecule has 1 aromatic carbocycles. The fraction of sp³-hybridized carbons (Fsp3) is 0.500. The number of aryl methyl sites for hydroxylation is 1. The van der Waals surface area contributed by atoms with Crippen LogP contribution in [0.2, 0.25) is 0 Å². The lowest BCUT2D eigenvalue weighted by molar-refractivity contribution is 0.409. The van der Waals surface area contributed by atoms with Gasteiger partial charge >= 0.3 is 0 Å². The maximum Gasteiger partial charge on any atom is 0.122 e. The summed E-state index contributed by atoms with van der Waals surface area (Å²) in [4.78, 5) is 0. The maximum absolute atomic E-state index is 5.51. The standard InChI is InChI=1S/C12H19NO/c1-3-11-10(7-5-9-13)6-4-8-12(11)14-2/h4,6,8H,3,5,7,9,13H2,1-2H3. The predicted molar refractivity (Wildman–Crippen MR) is 59.7 cm³/mol. The third-order valence-corrected chi connectivity index (χ3v) is 2.45. The SMILES string of the molecule is CCc1c(CCCN)cccc1OC. The van der Waals surface area contributed by atoms with Gasteiger partial charge in [0.15, 0.2) is 0 Å². The van der Waals surface area contributed by atoms with Gasteiger partial charge in [0, 0.05) is 0 Å². The highest BCUT2D eigenvalue weighted by atomic mass is 16.5. The second-order valence-corrected chi connectivity index (χ2v) is 3.34. The Bertz CT molecular complexity index is 284. The van der Waals surface area contributed by atoms with Crippen LogP contribution in [0.15, 0.2) is 18.2 Å². The van der Waals surface area contributed by atoms with Gasteiger partial charge in [0.1, 0.15) is 5.75 Å². The first kappa shape index (κ1) is 11.1. The van der Waals surface area contributed by atoms with Crippen molar-refractivity contribution in [3.63, 3.8) is 0 Å². The van der Waals surface area contributed by atoms with E-state index in [0.717, 1.165) is 31.6 Å². The topological polar surface area (TPSA) is 35.2 Å². The van der Waals surface area contributed by atoms with Crippen LogP contribution in [0.5, 0.6) is 5.75 Å². The van der Waals surface area contributed by atoms with Gasteiger partial charge in [0.25, 0.3) is 0 Å². The van der Waals surface area contributed by atoms with Gasteiger partial charge in [0.05, 0.1) is 7.11 Å². The van der Waals surface area contributed by atoms with Crippen LogP contribution in [0.4, 0.5) is 0 Å². The molecule has 1 aromatic rings. The van der Waals surface area contributed by atoms with Crippen LogP contribution in [-0.2, 0) is 12.8 Å². The number of hydrogen-bond donors (Lipinski definition) is 1. The van der Waals surface area contributed by atoms with Crippen LogP contribution in [0.3, 0.4) is 0 Å². The molecule has 2 heteroatoms. The Kier molecular flexibility index (Phi) is 4.47. The molecule has 0 bridgehead atoms. The van der Waals surface area contributed by atoms with Crippen molar-refractivity contribution >= 4 is 0 Å². The van der Waals surface area contributed by atoms with Crippen LogP contribution in [0.25, 0.3) is 0 Å². The Balaban J connectivity index is 2.90. The van der Waals surface area contributed by atoms with Gasteiger partial charge < -0.3 is 10.5 Å². The molecular formula is C12H19NO. The van der Waals surface area contributed by atoms with Crippen LogP contribution in [0, 0.1) is 0 Å². The Hall–Kier alpha value is -1.02. The van der Waals surface area contributed by atoms with Crippen LogP contribution < -0.4 is 10.5 Å². The lowest BCUT2D eigenvalue weighted by Gasteiger charge is -2.11. The highest BCUT2D eigenvalue weighted by molar-refractivity contribution is 5.40. The number of rotatable bonds is 5. The normalized spacial score (nSPS) is 10.2. The molecule has 0 aliphatic rings. The zero-order valence-corrected chi connectivity index (χ0v) is 9.05. The molecule has 0 radical (unpaired) electrons. The number of methoxy groups -OCH3 is 1. The summed E-state index contributed by atoms with van der Waals surface area (Å²) in [5.74, 6) is 1.00. The fourth-order valence-corrected chi connectivity index (χ4v) is 1.73. The van der Waals surface area contributed by atoms with E-state index < -0.39 is 0 Å². The molecular weight excluding hydrogens is 174 g/mol. The lowest BCUT2D eigenvalue weighted by Crippen LogP contribution is -2.03. The van der Waals surface area contributed by atoms with Crippen molar-refractivity contribution in [1.29, 1.82) is 0 Å². The molecule has 0 heterocycles. The number of ether oxygens (including phenoxy) is 1.